The number of nitrogens with zero attached hydrogens (tertiary/aromatic N) is 2. The number of nitrogen functional groups attached to an aromatic ring is 1. The Kier molecular flexibility index (Phi) is 3.33. The first-order valence-electron chi connectivity index (χ1n) is 4.32. The second-order valence-electron chi connectivity index (χ2n) is 3.09. The number of hydrogen-bond donors (Lipinski definition) is 1. The molecule has 2 N–H and O–H groups in total. The van der Waals surface area contributed by atoms with Crippen molar-refractivity contribution in [2.45, 2.75) is 0 Å². The number of nitrogens with two attached hydrogens (primary N) is 1. The Hall–Kier alpha value is -0.840. The van der Waals surface area contributed by atoms with Crippen LogP contribution in [-0.4, -0.2) is 10.2 Å². The van der Waals surface area contributed by atoms with Crippen molar-refractivity contribution < 1.29 is 0 Å². The second-order valence-corrected chi connectivity index (χ2v) is 4.78. The van der Waals surface area contributed by atoms with E-state index in [0.29, 0.717) is 26.0 Å². The van der Waals surface area contributed by atoms with Gasteiger partial charge in [0.2, 0.25) is 0 Å². The Morgan fingerprint density at radius 3 is 2.50 bits per heavy atom. The minimum atomic E-state index is 0.342. The zero-order valence-corrected chi connectivity index (χ0v) is 11.0. The molecule has 0 spiro atoms. The molecular formula is C10H6BrCl2N3. The third-order valence-corrected chi connectivity index (χ3v) is 3.16. The van der Waals surface area contributed by atoms with E-state index in [1.54, 1.807) is 24.3 Å². The van der Waals surface area contributed by atoms with Gasteiger partial charge in [0, 0.05) is 10.6 Å². The number of hydrogen-bond acceptors (Lipinski definition) is 3. The van der Waals surface area contributed by atoms with E-state index in [0.717, 1.165) is 5.56 Å². The molecule has 0 amide bonds. The maximum absolute atomic E-state index is 6.06. The summed E-state index contributed by atoms with van der Waals surface area (Å²) in [5, 5.41) is 8.88. The highest BCUT2D eigenvalue weighted by atomic mass is 79.9. The van der Waals surface area contributed by atoms with Crippen molar-refractivity contribution in [3.05, 3.63) is 38.8 Å². The van der Waals surface area contributed by atoms with E-state index >= 15 is 0 Å². The van der Waals surface area contributed by atoms with Crippen LogP contribution < -0.4 is 5.73 Å². The highest BCUT2D eigenvalue weighted by molar-refractivity contribution is 9.10. The molecule has 1 aromatic heterocycles. The SMILES string of the molecule is Nc1nnc(-c2ccc(Cl)cc2Cl)cc1Br. The fraction of sp³-hybridized carbons (Fsp3) is 0. The average Bonchev–Trinajstić information content (AvgIpc) is 2.22. The Labute approximate surface area is 111 Å². The Morgan fingerprint density at radius 2 is 1.88 bits per heavy atom. The van der Waals surface area contributed by atoms with E-state index in [1.807, 2.05) is 0 Å². The summed E-state index contributed by atoms with van der Waals surface area (Å²) in [6, 6.07) is 6.95. The summed E-state index contributed by atoms with van der Waals surface area (Å²) in [4.78, 5) is 0. The molecule has 1 heterocycles. The topological polar surface area (TPSA) is 51.8 Å². The monoisotopic (exact) mass is 317 g/mol. The van der Waals surface area contributed by atoms with Crippen LogP contribution in [0.25, 0.3) is 11.3 Å². The lowest BCUT2D eigenvalue weighted by molar-refractivity contribution is 1.04. The van der Waals surface area contributed by atoms with Crippen molar-refractivity contribution in [2.24, 2.45) is 0 Å². The predicted octanol–water partition coefficient (Wildman–Crippen LogP) is 3.80. The normalized spacial score (nSPS) is 10.4. The smallest absolute Gasteiger partial charge is 0.160 e. The van der Waals surface area contributed by atoms with Crippen molar-refractivity contribution in [1.29, 1.82) is 0 Å². The van der Waals surface area contributed by atoms with Crippen molar-refractivity contribution >= 4 is 44.9 Å². The minimum Gasteiger partial charge on any atom is -0.381 e. The lowest BCUT2D eigenvalue weighted by Crippen LogP contribution is -1.96. The first-order valence-corrected chi connectivity index (χ1v) is 5.87. The maximum Gasteiger partial charge on any atom is 0.160 e. The molecule has 6 heteroatoms. The van der Waals surface area contributed by atoms with Crippen molar-refractivity contribution in [3.8, 4) is 11.3 Å². The first kappa shape index (κ1) is 11.6. The molecule has 0 saturated heterocycles. The van der Waals surface area contributed by atoms with Crippen LogP contribution >= 0.6 is 39.1 Å². The molecule has 3 nitrogen and oxygen atoms in total. The summed E-state index contributed by atoms with van der Waals surface area (Å²) in [6.07, 6.45) is 0. The molecule has 0 saturated carbocycles. The van der Waals surface area contributed by atoms with Crippen LogP contribution in [0.5, 0.6) is 0 Å². The molecule has 2 aromatic rings. The molecule has 0 aliphatic rings. The van der Waals surface area contributed by atoms with Crippen LogP contribution in [0, 0.1) is 0 Å². The summed E-state index contributed by atoms with van der Waals surface area (Å²) in [7, 11) is 0. The van der Waals surface area contributed by atoms with Crippen LogP contribution in [0.4, 0.5) is 5.82 Å². The van der Waals surface area contributed by atoms with E-state index < -0.39 is 0 Å². The van der Waals surface area contributed by atoms with Crippen molar-refractivity contribution in [2.75, 3.05) is 5.73 Å². The van der Waals surface area contributed by atoms with Gasteiger partial charge in [0.05, 0.1) is 15.2 Å². The van der Waals surface area contributed by atoms with Gasteiger partial charge in [-0.25, -0.2) is 0 Å². The lowest BCUT2D eigenvalue weighted by Gasteiger charge is -2.04. The van der Waals surface area contributed by atoms with Gasteiger partial charge in [0.1, 0.15) is 0 Å². The van der Waals surface area contributed by atoms with Crippen LogP contribution in [0.15, 0.2) is 28.7 Å². The van der Waals surface area contributed by atoms with Gasteiger partial charge in [-0.05, 0) is 40.2 Å². The highest BCUT2D eigenvalue weighted by Crippen LogP contribution is 2.30. The number of anilines is 1. The zero-order valence-electron chi connectivity index (χ0n) is 7.92. The van der Waals surface area contributed by atoms with E-state index in [1.165, 1.54) is 0 Å². The Morgan fingerprint density at radius 1 is 1.12 bits per heavy atom. The summed E-state index contributed by atoms with van der Waals surface area (Å²) in [6.45, 7) is 0. The van der Waals surface area contributed by atoms with Crippen molar-refractivity contribution in [1.82, 2.24) is 10.2 Å². The number of rotatable bonds is 1. The molecule has 16 heavy (non-hydrogen) atoms. The molecule has 0 aliphatic carbocycles. The van der Waals surface area contributed by atoms with E-state index in [-0.39, 0.29) is 0 Å². The molecule has 0 unspecified atom stereocenters. The van der Waals surface area contributed by atoms with Gasteiger partial charge in [0.25, 0.3) is 0 Å². The van der Waals surface area contributed by atoms with Gasteiger partial charge in [-0.15, -0.1) is 10.2 Å². The zero-order chi connectivity index (χ0) is 11.7. The van der Waals surface area contributed by atoms with E-state index in [4.69, 9.17) is 28.9 Å². The highest BCUT2D eigenvalue weighted by Gasteiger charge is 2.08. The number of halogens is 3. The summed E-state index contributed by atoms with van der Waals surface area (Å²) < 4.78 is 0.684. The standard InChI is InChI=1S/C10H6BrCl2N3/c11-7-4-9(15-16-10(7)14)6-2-1-5(12)3-8(6)13/h1-4H,(H2,14,16). The Bertz CT molecular complexity index is 546. The van der Waals surface area contributed by atoms with Gasteiger partial charge in [0.15, 0.2) is 5.82 Å². The molecule has 1 aromatic carbocycles. The molecule has 0 atom stereocenters. The molecule has 82 valence electrons. The fourth-order valence-electron chi connectivity index (χ4n) is 1.21. The summed E-state index contributed by atoms with van der Waals surface area (Å²) in [5.41, 5.74) is 6.96. The fourth-order valence-corrected chi connectivity index (χ4v) is 2.01. The van der Waals surface area contributed by atoms with Crippen LogP contribution in [0.1, 0.15) is 0 Å². The Balaban J connectivity index is 2.54. The summed E-state index contributed by atoms with van der Waals surface area (Å²) >= 11 is 15.2. The number of aromatic nitrogens is 2. The van der Waals surface area contributed by atoms with Gasteiger partial charge in [-0.1, -0.05) is 23.2 Å². The van der Waals surface area contributed by atoms with E-state index in [2.05, 4.69) is 26.1 Å². The molecule has 2 rings (SSSR count). The third-order valence-electron chi connectivity index (χ3n) is 1.98. The molecule has 0 radical (unpaired) electrons. The quantitative estimate of drug-likeness (QED) is 0.870. The molecule has 0 bridgehead atoms. The summed E-state index contributed by atoms with van der Waals surface area (Å²) in [5.74, 6) is 0.342. The molecular weight excluding hydrogens is 313 g/mol. The van der Waals surface area contributed by atoms with Gasteiger partial charge < -0.3 is 5.73 Å². The van der Waals surface area contributed by atoms with Crippen LogP contribution in [0.2, 0.25) is 10.0 Å². The molecule has 0 fully saturated rings. The van der Waals surface area contributed by atoms with Crippen molar-refractivity contribution in [3.63, 3.8) is 0 Å². The van der Waals surface area contributed by atoms with Gasteiger partial charge in [-0.2, -0.15) is 0 Å². The maximum atomic E-state index is 6.06. The lowest BCUT2D eigenvalue weighted by atomic mass is 10.1. The van der Waals surface area contributed by atoms with Crippen LogP contribution in [0.3, 0.4) is 0 Å². The average molecular weight is 319 g/mol. The number of benzene rings is 1. The van der Waals surface area contributed by atoms with Gasteiger partial charge >= 0.3 is 0 Å². The second kappa shape index (κ2) is 4.57. The van der Waals surface area contributed by atoms with Gasteiger partial charge in [-0.3, -0.25) is 0 Å². The molecule has 0 aliphatic heterocycles. The van der Waals surface area contributed by atoms with E-state index in [9.17, 15) is 0 Å². The largest absolute Gasteiger partial charge is 0.381 e. The predicted molar refractivity (Wildman–Crippen MR) is 69.6 cm³/mol. The van der Waals surface area contributed by atoms with Crippen LogP contribution in [-0.2, 0) is 0 Å². The first-order chi connectivity index (χ1) is 7.58. The minimum absolute atomic E-state index is 0.342. The third kappa shape index (κ3) is 2.29.